The van der Waals surface area contributed by atoms with Gasteiger partial charge in [0.2, 0.25) is 0 Å². The number of rotatable bonds is 1. The Morgan fingerprint density at radius 3 is 2.73 bits per heavy atom. The highest BCUT2D eigenvalue weighted by Gasteiger charge is 2.04. The van der Waals surface area contributed by atoms with Crippen molar-refractivity contribution in [1.29, 1.82) is 0 Å². The molecule has 4 nitrogen and oxygen atoms in total. The first-order valence-electron chi connectivity index (χ1n) is 6.92. The van der Waals surface area contributed by atoms with E-state index < -0.39 is 5.97 Å². The molecule has 106 valence electrons. The first-order valence-corrected chi connectivity index (χ1v) is 6.92. The lowest BCUT2D eigenvalue weighted by Gasteiger charge is -1.99. The van der Waals surface area contributed by atoms with Gasteiger partial charge in [0, 0.05) is 33.7 Å². The van der Waals surface area contributed by atoms with Crippen molar-refractivity contribution in [3.63, 3.8) is 0 Å². The number of allylic oxidation sites excluding steroid dienone is 2. The normalized spacial score (nSPS) is 18.7. The summed E-state index contributed by atoms with van der Waals surface area (Å²) in [5.41, 5.74) is 1.26. The van der Waals surface area contributed by atoms with Crippen LogP contribution in [0.3, 0.4) is 0 Å². The molecule has 0 bridgehead atoms. The van der Waals surface area contributed by atoms with Gasteiger partial charge < -0.3 is 10.1 Å². The monoisotopic (exact) mass is 288 g/mol. The number of hydrogen-bond donors (Lipinski definition) is 2. The molecule has 4 rings (SSSR count). The molecule has 2 aromatic heterocycles. The first kappa shape index (κ1) is 12.6. The zero-order valence-electron chi connectivity index (χ0n) is 11.6. The van der Waals surface area contributed by atoms with E-state index in [9.17, 15) is 4.79 Å². The van der Waals surface area contributed by atoms with Gasteiger partial charge in [0.15, 0.2) is 0 Å². The molecule has 0 atom stereocenters. The zero-order chi connectivity index (χ0) is 15.1. The maximum atomic E-state index is 11.1. The summed E-state index contributed by atoms with van der Waals surface area (Å²) in [5.74, 6) is -0.970. The van der Waals surface area contributed by atoms with E-state index in [1.807, 2.05) is 36.6 Å². The van der Waals surface area contributed by atoms with Gasteiger partial charge in [-0.2, -0.15) is 0 Å². The van der Waals surface area contributed by atoms with E-state index in [4.69, 9.17) is 5.11 Å². The van der Waals surface area contributed by atoms with Crippen LogP contribution in [-0.4, -0.2) is 21.0 Å². The summed E-state index contributed by atoms with van der Waals surface area (Å²) in [6.45, 7) is 0. The molecule has 0 saturated heterocycles. The first-order chi connectivity index (χ1) is 10.7. The number of aromatic amines is 1. The van der Waals surface area contributed by atoms with E-state index in [2.05, 4.69) is 22.1 Å². The molecule has 0 aliphatic heterocycles. The highest BCUT2D eigenvalue weighted by atomic mass is 16.4. The van der Waals surface area contributed by atoms with Crippen molar-refractivity contribution in [2.75, 3.05) is 0 Å². The van der Waals surface area contributed by atoms with Crippen LogP contribution >= 0.6 is 0 Å². The third-order valence-electron chi connectivity index (χ3n) is 3.81. The van der Waals surface area contributed by atoms with Crippen molar-refractivity contribution >= 4 is 29.0 Å². The second kappa shape index (κ2) is 4.70. The Hall–Kier alpha value is -3.14. The minimum Gasteiger partial charge on any atom is -0.478 e. The SMILES string of the molecule is O=C(O)c1cnc2/c(c1)=C\C=C/C=c1/cc3[nH]ccc3c/c1=2. The Balaban J connectivity index is 2.28. The fourth-order valence-electron chi connectivity index (χ4n) is 2.73. The van der Waals surface area contributed by atoms with Crippen LogP contribution in [0.1, 0.15) is 10.4 Å². The Labute approximate surface area is 125 Å². The van der Waals surface area contributed by atoms with Gasteiger partial charge in [-0.3, -0.25) is 4.98 Å². The maximum absolute atomic E-state index is 11.1. The number of fused-ring (bicyclic) bond motifs is 3. The second-order valence-corrected chi connectivity index (χ2v) is 5.19. The number of aromatic nitrogens is 2. The molecule has 3 aromatic rings. The molecule has 0 fully saturated rings. The molecular weight excluding hydrogens is 276 g/mol. The van der Waals surface area contributed by atoms with Crippen LogP contribution in [-0.2, 0) is 0 Å². The number of hydrogen-bond acceptors (Lipinski definition) is 2. The fourth-order valence-corrected chi connectivity index (χ4v) is 2.73. The Morgan fingerprint density at radius 2 is 1.91 bits per heavy atom. The number of pyridine rings is 1. The summed E-state index contributed by atoms with van der Waals surface area (Å²) in [5, 5.41) is 13.9. The van der Waals surface area contributed by atoms with Crippen LogP contribution < -0.4 is 10.4 Å². The molecule has 4 heteroatoms. The van der Waals surface area contributed by atoms with E-state index in [1.165, 1.54) is 6.20 Å². The maximum Gasteiger partial charge on any atom is 0.337 e. The van der Waals surface area contributed by atoms with Gasteiger partial charge in [-0.05, 0) is 29.5 Å². The van der Waals surface area contributed by atoms with Crippen LogP contribution in [0.2, 0.25) is 0 Å². The van der Waals surface area contributed by atoms with Crippen molar-refractivity contribution in [3.05, 3.63) is 75.4 Å². The highest BCUT2D eigenvalue weighted by molar-refractivity contribution is 5.87. The van der Waals surface area contributed by atoms with Gasteiger partial charge in [0.05, 0.1) is 10.9 Å². The van der Waals surface area contributed by atoms with Crippen LogP contribution in [0, 0.1) is 10.6 Å². The standard InChI is InChI=1S/C18H12N2O2/c21-18(22)14-7-13-4-2-1-3-11-9-16-12(5-6-19-16)8-15(11)17(13)20-10-14/h1-10,19H,(H,21,22)/b2-1-,3-1?,4-2?,11-3-,13-4-,17-15+. The van der Waals surface area contributed by atoms with E-state index in [-0.39, 0.29) is 5.56 Å². The van der Waals surface area contributed by atoms with Crippen LogP contribution in [0.4, 0.5) is 0 Å². The summed E-state index contributed by atoms with van der Waals surface area (Å²) < 4.78 is 0. The zero-order valence-corrected chi connectivity index (χ0v) is 11.6. The molecule has 1 aliphatic rings. The number of nitrogens with zero attached hydrogens (tertiary/aromatic N) is 1. The Kier molecular flexibility index (Phi) is 2.69. The van der Waals surface area contributed by atoms with Gasteiger partial charge in [-0.25, -0.2) is 4.79 Å². The molecule has 2 heterocycles. The molecule has 0 spiro atoms. The van der Waals surface area contributed by atoms with Crippen molar-refractivity contribution in [1.82, 2.24) is 9.97 Å². The summed E-state index contributed by atoms with van der Waals surface area (Å²) in [7, 11) is 0. The van der Waals surface area contributed by atoms with Crippen molar-refractivity contribution in [3.8, 4) is 0 Å². The molecule has 0 radical (unpaired) electrons. The minimum absolute atomic E-state index is 0.192. The fraction of sp³-hybridized carbons (Fsp3) is 0. The number of carbonyl (C=O) groups is 1. The van der Waals surface area contributed by atoms with Crippen molar-refractivity contribution in [2.24, 2.45) is 0 Å². The molecular formula is C18H12N2O2. The predicted octanol–water partition coefficient (Wildman–Crippen LogP) is 1.68. The summed E-state index contributed by atoms with van der Waals surface area (Å²) in [4.78, 5) is 18.7. The van der Waals surface area contributed by atoms with Gasteiger partial charge in [-0.1, -0.05) is 24.3 Å². The van der Waals surface area contributed by atoms with E-state index in [0.717, 1.165) is 31.9 Å². The van der Waals surface area contributed by atoms with Gasteiger partial charge >= 0.3 is 5.97 Å². The second-order valence-electron chi connectivity index (χ2n) is 5.19. The largest absolute Gasteiger partial charge is 0.478 e. The lowest BCUT2D eigenvalue weighted by atomic mass is 10.1. The van der Waals surface area contributed by atoms with E-state index in [1.54, 1.807) is 6.07 Å². The number of carboxylic acid groups (broad SMARTS) is 1. The summed E-state index contributed by atoms with van der Waals surface area (Å²) in [6, 6.07) is 7.83. The third-order valence-corrected chi connectivity index (χ3v) is 3.81. The highest BCUT2D eigenvalue weighted by Crippen LogP contribution is 2.09. The van der Waals surface area contributed by atoms with E-state index in [0.29, 0.717) is 0 Å². The van der Waals surface area contributed by atoms with Crippen LogP contribution in [0.15, 0.2) is 48.8 Å². The molecule has 2 N–H and O–H groups in total. The average molecular weight is 288 g/mol. The topological polar surface area (TPSA) is 66.0 Å². The average Bonchev–Trinajstić information content (AvgIpc) is 2.95. The van der Waals surface area contributed by atoms with Crippen LogP contribution in [0.5, 0.6) is 0 Å². The molecule has 1 aromatic carbocycles. The Bertz CT molecular complexity index is 1150. The number of benzene rings is 1. The Morgan fingerprint density at radius 1 is 1.09 bits per heavy atom. The molecule has 0 unspecified atom stereocenters. The lowest BCUT2D eigenvalue weighted by molar-refractivity contribution is 0.0696. The molecule has 1 aliphatic carbocycles. The quantitative estimate of drug-likeness (QED) is 0.716. The number of nitrogens with one attached hydrogen (secondary N) is 1. The van der Waals surface area contributed by atoms with Gasteiger partial charge in [0.25, 0.3) is 0 Å². The van der Waals surface area contributed by atoms with Gasteiger partial charge in [-0.15, -0.1) is 0 Å². The summed E-state index contributed by atoms with van der Waals surface area (Å²) >= 11 is 0. The molecule has 22 heavy (non-hydrogen) atoms. The summed E-state index contributed by atoms with van der Waals surface area (Å²) in [6.07, 6.45) is 11.1. The van der Waals surface area contributed by atoms with Crippen LogP contribution in [0.25, 0.3) is 23.1 Å². The lowest BCUT2D eigenvalue weighted by Crippen LogP contribution is -2.15. The third kappa shape index (κ3) is 1.93. The number of aromatic carboxylic acids is 1. The smallest absolute Gasteiger partial charge is 0.337 e. The predicted molar refractivity (Wildman–Crippen MR) is 84.5 cm³/mol. The molecule has 0 amide bonds. The van der Waals surface area contributed by atoms with Crippen molar-refractivity contribution in [2.45, 2.75) is 0 Å². The number of H-pyrrole nitrogens is 1. The minimum atomic E-state index is -0.970. The van der Waals surface area contributed by atoms with Crippen molar-refractivity contribution < 1.29 is 9.90 Å². The molecule has 0 saturated carbocycles. The number of carboxylic acids is 1. The van der Waals surface area contributed by atoms with Gasteiger partial charge in [0.1, 0.15) is 0 Å². The van der Waals surface area contributed by atoms with E-state index >= 15 is 0 Å².